The number of carbonyl (C=O) groups is 3. The number of allylic oxidation sites excluding steroid dienone is 18. The maximum absolute atomic E-state index is 12.8. The van der Waals surface area contributed by atoms with Gasteiger partial charge in [-0.1, -0.05) is 226 Å². The van der Waals surface area contributed by atoms with Gasteiger partial charge in [-0.05, 0) is 109 Å². The van der Waals surface area contributed by atoms with Crippen molar-refractivity contribution in [1.29, 1.82) is 0 Å². The van der Waals surface area contributed by atoms with E-state index >= 15 is 0 Å². The zero-order chi connectivity index (χ0) is 49.3. The van der Waals surface area contributed by atoms with Crippen LogP contribution < -0.4 is 0 Å². The molecule has 68 heavy (non-hydrogen) atoms. The molecule has 386 valence electrons. The highest BCUT2D eigenvalue weighted by molar-refractivity contribution is 5.71. The Morgan fingerprint density at radius 2 is 0.632 bits per heavy atom. The van der Waals surface area contributed by atoms with Crippen molar-refractivity contribution in [3.8, 4) is 0 Å². The molecule has 0 heterocycles. The zero-order valence-electron chi connectivity index (χ0n) is 44.1. The molecule has 0 aliphatic carbocycles. The highest BCUT2D eigenvalue weighted by Crippen LogP contribution is 2.14. The minimum absolute atomic E-state index is 0.106. The highest BCUT2D eigenvalue weighted by atomic mass is 16.6. The van der Waals surface area contributed by atoms with Crippen LogP contribution in [0, 0.1) is 0 Å². The number of ether oxygens (including phenoxy) is 3. The average Bonchev–Trinajstić information content (AvgIpc) is 3.34. The van der Waals surface area contributed by atoms with Gasteiger partial charge in [0.2, 0.25) is 0 Å². The van der Waals surface area contributed by atoms with E-state index in [9.17, 15) is 14.4 Å². The van der Waals surface area contributed by atoms with Gasteiger partial charge in [-0.2, -0.15) is 0 Å². The van der Waals surface area contributed by atoms with Crippen LogP contribution in [0.2, 0.25) is 0 Å². The van der Waals surface area contributed by atoms with Crippen LogP contribution in [-0.4, -0.2) is 37.2 Å². The Bertz CT molecular complexity index is 1410. The third-order valence-corrected chi connectivity index (χ3v) is 11.5. The number of hydrogen-bond acceptors (Lipinski definition) is 6. The molecule has 6 heteroatoms. The minimum Gasteiger partial charge on any atom is -0.462 e. The fourth-order valence-electron chi connectivity index (χ4n) is 7.39. The standard InChI is InChI=1S/C62H102O6/c1-4-7-10-13-16-19-22-25-28-30-31-33-34-37-40-43-46-49-52-55-61(64)67-58-59(57-66-60(63)54-51-48-45-42-39-36-27-24-21-18-15-12-9-6-3)68-62(65)56-53-50-47-44-41-38-35-32-29-26-23-20-17-14-11-8-5-2/h8-9,11-12,16-22,25-26,29,35,38,44,47,59H,4-7,10,13-15,23-24,27-28,30-34,36-37,39-43,45-46,48-58H2,1-3H3/b11-8-,12-9-,19-16-,20-17-,21-18-,25-22-,29-26-,38-35-,47-44-. The van der Waals surface area contributed by atoms with Gasteiger partial charge >= 0.3 is 17.9 Å². The molecule has 0 aliphatic heterocycles. The molecule has 0 N–H and O–H groups in total. The molecule has 0 aromatic rings. The van der Waals surface area contributed by atoms with E-state index in [0.717, 1.165) is 96.3 Å². The van der Waals surface area contributed by atoms with Gasteiger partial charge in [-0.15, -0.1) is 0 Å². The molecule has 0 saturated heterocycles. The van der Waals surface area contributed by atoms with Crippen LogP contribution in [0.4, 0.5) is 0 Å². The molecule has 0 amide bonds. The van der Waals surface area contributed by atoms with Gasteiger partial charge in [0.25, 0.3) is 0 Å². The van der Waals surface area contributed by atoms with Crippen LogP contribution in [0.15, 0.2) is 109 Å². The number of unbranched alkanes of at least 4 members (excludes halogenated alkanes) is 21. The van der Waals surface area contributed by atoms with Crippen molar-refractivity contribution in [3.63, 3.8) is 0 Å². The quantitative estimate of drug-likeness (QED) is 0.0199. The van der Waals surface area contributed by atoms with Crippen molar-refractivity contribution < 1.29 is 28.6 Å². The molecule has 0 saturated carbocycles. The fraction of sp³-hybridized carbons (Fsp3) is 0.661. The molecule has 0 fully saturated rings. The van der Waals surface area contributed by atoms with Crippen LogP contribution in [0.1, 0.15) is 245 Å². The summed E-state index contributed by atoms with van der Waals surface area (Å²) in [5, 5.41) is 0. The topological polar surface area (TPSA) is 78.9 Å². The molecule has 0 aliphatic rings. The van der Waals surface area contributed by atoms with Crippen LogP contribution in [-0.2, 0) is 28.6 Å². The Hall–Kier alpha value is -3.93. The summed E-state index contributed by atoms with van der Waals surface area (Å²) < 4.78 is 16.8. The van der Waals surface area contributed by atoms with Gasteiger partial charge in [0, 0.05) is 19.3 Å². The first-order valence-corrected chi connectivity index (χ1v) is 27.9. The lowest BCUT2D eigenvalue weighted by molar-refractivity contribution is -0.167. The summed E-state index contributed by atoms with van der Waals surface area (Å²) in [5.74, 6) is -0.978. The molecule has 0 bridgehead atoms. The predicted octanol–water partition coefficient (Wildman–Crippen LogP) is 18.7. The molecule has 0 aromatic heterocycles. The first-order valence-electron chi connectivity index (χ1n) is 27.9. The smallest absolute Gasteiger partial charge is 0.306 e. The van der Waals surface area contributed by atoms with E-state index in [0.29, 0.717) is 19.3 Å². The Morgan fingerprint density at radius 3 is 1.03 bits per heavy atom. The fourth-order valence-corrected chi connectivity index (χ4v) is 7.39. The summed E-state index contributed by atoms with van der Waals surface area (Å²) in [4.78, 5) is 38.1. The van der Waals surface area contributed by atoms with Gasteiger partial charge in [0.05, 0.1) is 0 Å². The van der Waals surface area contributed by atoms with Gasteiger partial charge < -0.3 is 14.2 Å². The van der Waals surface area contributed by atoms with Gasteiger partial charge in [-0.25, -0.2) is 0 Å². The second kappa shape index (κ2) is 55.7. The van der Waals surface area contributed by atoms with E-state index in [1.165, 1.54) is 103 Å². The lowest BCUT2D eigenvalue weighted by Crippen LogP contribution is -2.30. The van der Waals surface area contributed by atoms with Gasteiger partial charge in [-0.3, -0.25) is 14.4 Å². The summed E-state index contributed by atoms with van der Waals surface area (Å²) in [5.41, 5.74) is 0. The minimum atomic E-state index is -0.814. The van der Waals surface area contributed by atoms with Crippen molar-refractivity contribution in [3.05, 3.63) is 109 Å². The van der Waals surface area contributed by atoms with Crippen molar-refractivity contribution in [2.75, 3.05) is 13.2 Å². The predicted molar refractivity (Wildman–Crippen MR) is 293 cm³/mol. The summed E-state index contributed by atoms with van der Waals surface area (Å²) in [6, 6.07) is 0. The normalized spacial score (nSPS) is 12.9. The Morgan fingerprint density at radius 1 is 0.324 bits per heavy atom. The van der Waals surface area contributed by atoms with Gasteiger partial charge in [0.1, 0.15) is 13.2 Å². The molecule has 1 unspecified atom stereocenters. The number of carbonyl (C=O) groups excluding carboxylic acids is 3. The Kier molecular flexibility index (Phi) is 52.4. The van der Waals surface area contributed by atoms with Crippen LogP contribution in [0.25, 0.3) is 0 Å². The Balaban J connectivity index is 4.48. The molecule has 0 aromatic carbocycles. The largest absolute Gasteiger partial charge is 0.462 e. The first kappa shape index (κ1) is 64.1. The molecular formula is C62H102O6. The third kappa shape index (κ3) is 53.0. The lowest BCUT2D eigenvalue weighted by Gasteiger charge is -2.18. The number of rotatable bonds is 49. The monoisotopic (exact) mass is 943 g/mol. The zero-order valence-corrected chi connectivity index (χ0v) is 44.1. The molecule has 1 atom stereocenters. The second-order valence-electron chi connectivity index (χ2n) is 18.1. The van der Waals surface area contributed by atoms with E-state index in [4.69, 9.17) is 14.2 Å². The van der Waals surface area contributed by atoms with E-state index in [2.05, 4.69) is 130 Å². The molecule has 0 spiro atoms. The summed E-state index contributed by atoms with van der Waals surface area (Å²) in [6.45, 7) is 6.34. The van der Waals surface area contributed by atoms with Crippen molar-refractivity contribution >= 4 is 17.9 Å². The Labute approximate surface area is 419 Å². The lowest BCUT2D eigenvalue weighted by atomic mass is 10.1. The maximum atomic E-state index is 12.8. The van der Waals surface area contributed by atoms with E-state index in [1.54, 1.807) is 0 Å². The van der Waals surface area contributed by atoms with Gasteiger partial charge in [0.15, 0.2) is 6.10 Å². The van der Waals surface area contributed by atoms with Crippen LogP contribution >= 0.6 is 0 Å². The summed E-state index contributed by atoms with van der Waals surface area (Å²) >= 11 is 0. The maximum Gasteiger partial charge on any atom is 0.306 e. The van der Waals surface area contributed by atoms with Crippen LogP contribution in [0.3, 0.4) is 0 Å². The highest BCUT2D eigenvalue weighted by Gasteiger charge is 2.19. The third-order valence-electron chi connectivity index (χ3n) is 11.5. The molecular weight excluding hydrogens is 841 g/mol. The van der Waals surface area contributed by atoms with Crippen molar-refractivity contribution in [1.82, 2.24) is 0 Å². The van der Waals surface area contributed by atoms with Crippen molar-refractivity contribution in [2.24, 2.45) is 0 Å². The number of hydrogen-bond donors (Lipinski definition) is 0. The van der Waals surface area contributed by atoms with Crippen LogP contribution in [0.5, 0.6) is 0 Å². The van der Waals surface area contributed by atoms with E-state index < -0.39 is 6.10 Å². The second-order valence-corrected chi connectivity index (χ2v) is 18.1. The number of esters is 3. The van der Waals surface area contributed by atoms with E-state index in [1.807, 2.05) is 0 Å². The summed E-state index contributed by atoms with van der Waals surface area (Å²) in [6.07, 6.45) is 75.1. The van der Waals surface area contributed by atoms with Crippen molar-refractivity contribution in [2.45, 2.75) is 252 Å². The van der Waals surface area contributed by atoms with E-state index in [-0.39, 0.29) is 37.5 Å². The molecule has 0 radical (unpaired) electrons. The SMILES string of the molecule is CC/C=C\C/C=C\C/C=C\C/C=C\C/C=C\CCCC(=O)OC(COC(=O)CCCCCCCCC/C=C\C/C=C\CC)COC(=O)CCCCCCCCCCCC/C=C\C=C/CCCCC. The molecule has 0 rings (SSSR count). The summed E-state index contributed by atoms with van der Waals surface area (Å²) in [7, 11) is 0. The average molecular weight is 943 g/mol. The first-order chi connectivity index (χ1) is 33.5. The molecule has 6 nitrogen and oxygen atoms in total.